The second-order valence-electron chi connectivity index (χ2n) is 7.83. The summed E-state index contributed by atoms with van der Waals surface area (Å²) >= 11 is 0. The van der Waals surface area contributed by atoms with Crippen molar-refractivity contribution in [2.24, 2.45) is 5.41 Å². The molecule has 1 aromatic heterocycles. The quantitative estimate of drug-likeness (QED) is 0.883. The highest BCUT2D eigenvalue weighted by Gasteiger charge is 2.39. The maximum absolute atomic E-state index is 5.88. The molecule has 0 aliphatic carbocycles. The molecule has 26 heavy (non-hydrogen) atoms. The summed E-state index contributed by atoms with van der Waals surface area (Å²) in [7, 11) is 0. The van der Waals surface area contributed by atoms with E-state index >= 15 is 0 Å². The van der Waals surface area contributed by atoms with Crippen LogP contribution in [0.3, 0.4) is 0 Å². The Morgan fingerprint density at radius 1 is 0.962 bits per heavy atom. The monoisotopic (exact) mass is 352 g/mol. The van der Waals surface area contributed by atoms with Gasteiger partial charge in [0.15, 0.2) is 0 Å². The molecular formula is C20H28N6. The molecule has 0 saturated carbocycles. The molecular weight excluding hydrogens is 324 g/mol. The van der Waals surface area contributed by atoms with Crippen LogP contribution in [-0.2, 0) is 6.54 Å². The molecule has 4 rings (SSSR count). The minimum absolute atomic E-state index is 0.258. The van der Waals surface area contributed by atoms with Gasteiger partial charge in [-0.1, -0.05) is 30.3 Å². The van der Waals surface area contributed by atoms with Crippen LogP contribution in [0.5, 0.6) is 0 Å². The van der Waals surface area contributed by atoms with Crippen molar-refractivity contribution in [1.82, 2.24) is 14.9 Å². The lowest BCUT2D eigenvalue weighted by molar-refractivity contribution is 0.0683. The third kappa shape index (κ3) is 3.75. The first-order valence-electron chi connectivity index (χ1n) is 9.53. The maximum Gasteiger partial charge on any atom is 0.223 e. The van der Waals surface area contributed by atoms with Gasteiger partial charge in [-0.3, -0.25) is 4.90 Å². The Labute approximate surface area is 155 Å². The van der Waals surface area contributed by atoms with Crippen molar-refractivity contribution >= 4 is 17.6 Å². The first kappa shape index (κ1) is 17.1. The van der Waals surface area contributed by atoms with E-state index in [1.165, 1.54) is 37.8 Å². The van der Waals surface area contributed by atoms with Crippen LogP contribution >= 0.6 is 0 Å². The molecule has 6 nitrogen and oxygen atoms in total. The van der Waals surface area contributed by atoms with Crippen molar-refractivity contribution in [3.05, 3.63) is 42.0 Å². The van der Waals surface area contributed by atoms with Crippen LogP contribution in [0.25, 0.3) is 0 Å². The molecule has 1 atom stereocenters. The van der Waals surface area contributed by atoms with Crippen LogP contribution in [-0.4, -0.2) is 41.0 Å². The van der Waals surface area contributed by atoms with Gasteiger partial charge in [-0.2, -0.15) is 9.97 Å². The largest absolute Gasteiger partial charge is 0.383 e. The summed E-state index contributed by atoms with van der Waals surface area (Å²) in [4.78, 5) is 13.4. The van der Waals surface area contributed by atoms with Gasteiger partial charge >= 0.3 is 0 Å². The first-order valence-corrected chi connectivity index (χ1v) is 9.53. The molecule has 1 aromatic carbocycles. The van der Waals surface area contributed by atoms with Crippen LogP contribution in [0.2, 0.25) is 0 Å². The fourth-order valence-corrected chi connectivity index (χ4v) is 4.66. The van der Waals surface area contributed by atoms with Crippen molar-refractivity contribution in [2.75, 3.05) is 42.5 Å². The molecule has 2 saturated heterocycles. The van der Waals surface area contributed by atoms with Gasteiger partial charge in [0.05, 0.1) is 0 Å². The van der Waals surface area contributed by atoms with Crippen LogP contribution < -0.4 is 16.4 Å². The number of piperidine rings is 2. The van der Waals surface area contributed by atoms with Gasteiger partial charge < -0.3 is 16.4 Å². The second-order valence-corrected chi connectivity index (χ2v) is 7.83. The number of nitrogens with two attached hydrogens (primary N) is 2. The Balaban J connectivity index is 1.48. The van der Waals surface area contributed by atoms with Crippen LogP contribution in [0, 0.1) is 5.41 Å². The smallest absolute Gasteiger partial charge is 0.223 e. The molecule has 6 heteroatoms. The lowest BCUT2D eigenvalue weighted by Crippen LogP contribution is -2.52. The third-order valence-corrected chi connectivity index (χ3v) is 5.72. The zero-order valence-electron chi connectivity index (χ0n) is 15.3. The number of aromatic nitrogens is 2. The van der Waals surface area contributed by atoms with E-state index in [1.54, 1.807) is 0 Å². The van der Waals surface area contributed by atoms with Crippen molar-refractivity contribution in [3.63, 3.8) is 0 Å². The summed E-state index contributed by atoms with van der Waals surface area (Å²) in [6.07, 6.45) is 5.01. The number of hydrogen-bond acceptors (Lipinski definition) is 6. The summed E-state index contributed by atoms with van der Waals surface area (Å²) in [5.74, 6) is 1.57. The normalized spacial score (nSPS) is 24.1. The van der Waals surface area contributed by atoms with Crippen LogP contribution in [0.15, 0.2) is 36.4 Å². The van der Waals surface area contributed by atoms with Crippen LogP contribution in [0.1, 0.15) is 31.2 Å². The number of nitrogens with zero attached hydrogens (tertiary/aromatic N) is 4. The van der Waals surface area contributed by atoms with Gasteiger partial charge in [-0.05, 0) is 37.8 Å². The van der Waals surface area contributed by atoms with E-state index in [0.29, 0.717) is 11.2 Å². The van der Waals surface area contributed by atoms with E-state index in [4.69, 9.17) is 11.5 Å². The molecule has 0 unspecified atom stereocenters. The molecule has 0 radical (unpaired) electrons. The predicted molar refractivity (Wildman–Crippen MR) is 106 cm³/mol. The standard InChI is InChI=1S/C20H28N6/c21-17-12-18(24-19(22)23-17)26-11-5-9-20(15-26)8-4-10-25(14-20)13-16-6-2-1-3-7-16/h1-3,6-7,12H,4-5,8-11,13-15H2,(H4,21,22,23,24)/t20-/m1/s1. The SMILES string of the molecule is Nc1cc(N2CCC[C@@]3(CCCN(Cc4ccccc4)C3)C2)nc(N)n1. The topological polar surface area (TPSA) is 84.3 Å². The highest BCUT2D eigenvalue weighted by Crippen LogP contribution is 2.40. The van der Waals surface area contributed by atoms with E-state index in [-0.39, 0.29) is 5.95 Å². The molecule has 2 aliphatic heterocycles. The summed E-state index contributed by atoms with van der Waals surface area (Å²) in [5.41, 5.74) is 13.4. The zero-order valence-corrected chi connectivity index (χ0v) is 15.3. The zero-order chi connectivity index (χ0) is 18.0. The molecule has 2 aromatic rings. The first-order chi connectivity index (χ1) is 12.6. The lowest BCUT2D eigenvalue weighted by atomic mass is 9.73. The molecule has 2 aliphatic rings. The number of nitrogen functional groups attached to an aromatic ring is 2. The number of benzene rings is 1. The molecule has 1 spiro atoms. The molecule has 3 heterocycles. The number of rotatable bonds is 3. The Bertz CT molecular complexity index is 725. The second kappa shape index (κ2) is 7.11. The number of anilines is 3. The summed E-state index contributed by atoms with van der Waals surface area (Å²) in [6.45, 7) is 5.40. The maximum atomic E-state index is 5.88. The predicted octanol–water partition coefficient (Wildman–Crippen LogP) is 2.52. The molecule has 138 valence electrons. The minimum atomic E-state index is 0.258. The average Bonchev–Trinajstić information content (AvgIpc) is 2.62. The van der Waals surface area contributed by atoms with Gasteiger partial charge in [-0.25, -0.2) is 0 Å². The minimum Gasteiger partial charge on any atom is -0.383 e. The third-order valence-electron chi connectivity index (χ3n) is 5.72. The fourth-order valence-electron chi connectivity index (χ4n) is 4.66. The van der Waals surface area contributed by atoms with Gasteiger partial charge in [0.1, 0.15) is 11.6 Å². The Hall–Kier alpha value is -2.34. The van der Waals surface area contributed by atoms with E-state index in [1.807, 2.05) is 6.07 Å². The number of hydrogen-bond donors (Lipinski definition) is 2. The highest BCUT2D eigenvalue weighted by molar-refractivity contribution is 5.50. The lowest BCUT2D eigenvalue weighted by Gasteiger charge is -2.49. The van der Waals surface area contributed by atoms with Gasteiger partial charge in [0.25, 0.3) is 0 Å². The van der Waals surface area contributed by atoms with E-state index in [2.05, 4.69) is 50.1 Å². The molecule has 0 bridgehead atoms. The molecule has 4 N–H and O–H groups in total. The number of likely N-dealkylation sites (tertiary alicyclic amines) is 1. The Morgan fingerprint density at radius 2 is 1.73 bits per heavy atom. The Morgan fingerprint density at radius 3 is 2.50 bits per heavy atom. The van der Waals surface area contributed by atoms with E-state index in [9.17, 15) is 0 Å². The summed E-state index contributed by atoms with van der Waals surface area (Å²) < 4.78 is 0. The summed E-state index contributed by atoms with van der Waals surface area (Å²) in [5, 5.41) is 0. The fraction of sp³-hybridized carbons (Fsp3) is 0.500. The molecule has 0 amide bonds. The van der Waals surface area contributed by atoms with Crippen molar-refractivity contribution in [2.45, 2.75) is 32.2 Å². The Kier molecular flexibility index (Phi) is 4.68. The molecule has 2 fully saturated rings. The van der Waals surface area contributed by atoms with E-state index < -0.39 is 0 Å². The van der Waals surface area contributed by atoms with Crippen molar-refractivity contribution in [3.8, 4) is 0 Å². The van der Waals surface area contributed by atoms with Crippen molar-refractivity contribution < 1.29 is 0 Å². The van der Waals surface area contributed by atoms with Gasteiger partial charge in [-0.15, -0.1) is 0 Å². The average molecular weight is 352 g/mol. The van der Waals surface area contributed by atoms with Gasteiger partial charge in [0.2, 0.25) is 5.95 Å². The highest BCUT2D eigenvalue weighted by atomic mass is 15.2. The van der Waals surface area contributed by atoms with Gasteiger partial charge in [0, 0.05) is 37.7 Å². The van der Waals surface area contributed by atoms with Crippen molar-refractivity contribution in [1.29, 1.82) is 0 Å². The summed E-state index contributed by atoms with van der Waals surface area (Å²) in [6, 6.07) is 12.6. The van der Waals surface area contributed by atoms with E-state index in [0.717, 1.165) is 32.0 Å². The van der Waals surface area contributed by atoms with Crippen LogP contribution in [0.4, 0.5) is 17.6 Å².